The molecule has 1 N–H and O–H groups in total. The Bertz CT molecular complexity index is 603. The number of amides is 1. The lowest BCUT2D eigenvalue weighted by atomic mass is 10.0. The number of carbonyl (C=O) groups is 1. The van der Waals surface area contributed by atoms with Crippen molar-refractivity contribution >= 4 is 17.5 Å². The summed E-state index contributed by atoms with van der Waals surface area (Å²) in [6, 6.07) is 8.67. The fourth-order valence-electron chi connectivity index (χ4n) is 3.93. The number of halogens is 1. The van der Waals surface area contributed by atoms with Crippen molar-refractivity contribution in [3.63, 3.8) is 0 Å². The molecule has 144 valence electrons. The summed E-state index contributed by atoms with van der Waals surface area (Å²) in [5.41, 5.74) is 1.18. The second-order valence-corrected chi connectivity index (χ2v) is 8.22. The highest BCUT2D eigenvalue weighted by Crippen LogP contribution is 2.20. The van der Waals surface area contributed by atoms with Crippen LogP contribution in [0.1, 0.15) is 24.8 Å². The quantitative estimate of drug-likeness (QED) is 0.851. The van der Waals surface area contributed by atoms with Crippen molar-refractivity contribution in [1.29, 1.82) is 0 Å². The fourth-order valence-corrected chi connectivity index (χ4v) is 4.12. The molecule has 0 spiro atoms. The fraction of sp³-hybridized carbons (Fsp3) is 0.650. The number of piperazine rings is 1. The first-order chi connectivity index (χ1) is 12.5. The third-order valence-corrected chi connectivity index (χ3v) is 6.07. The summed E-state index contributed by atoms with van der Waals surface area (Å²) in [5, 5.41) is 4.10. The van der Waals surface area contributed by atoms with Gasteiger partial charge >= 0.3 is 0 Å². The number of likely N-dealkylation sites (N-methyl/N-ethyl adjacent to an activating group) is 2. The third-order valence-electron chi connectivity index (χ3n) is 5.71. The standard InChI is InChI=1S/C20H31ClN4O/c1-23-11-12-24(2)18(15-23)13-20(26)22-17-7-9-25(10-8-17)14-16-5-3-4-6-19(16)21/h3-6,17-18H,7-15H2,1-2H3,(H,22,26)/t18-/m0/s1. The van der Waals surface area contributed by atoms with Gasteiger partial charge in [-0.05, 0) is 38.6 Å². The van der Waals surface area contributed by atoms with Crippen LogP contribution in [0.5, 0.6) is 0 Å². The van der Waals surface area contributed by atoms with E-state index in [1.807, 2.05) is 18.2 Å². The molecule has 2 saturated heterocycles. The Kier molecular flexibility index (Phi) is 6.92. The first-order valence-corrected chi connectivity index (χ1v) is 10.0. The Hall–Kier alpha value is -1.14. The van der Waals surface area contributed by atoms with E-state index >= 15 is 0 Å². The van der Waals surface area contributed by atoms with Gasteiger partial charge in [0.2, 0.25) is 5.91 Å². The van der Waals surface area contributed by atoms with Crippen LogP contribution in [0.15, 0.2) is 24.3 Å². The molecule has 2 aliphatic heterocycles. The number of piperidine rings is 1. The molecule has 1 atom stereocenters. The van der Waals surface area contributed by atoms with Gasteiger partial charge in [0.25, 0.3) is 0 Å². The summed E-state index contributed by atoms with van der Waals surface area (Å²) in [6.07, 6.45) is 2.62. The lowest BCUT2D eigenvalue weighted by Crippen LogP contribution is -2.52. The molecule has 2 aliphatic rings. The van der Waals surface area contributed by atoms with Crippen molar-refractivity contribution in [3.05, 3.63) is 34.9 Å². The van der Waals surface area contributed by atoms with Gasteiger partial charge in [0.05, 0.1) is 0 Å². The van der Waals surface area contributed by atoms with Crippen LogP contribution < -0.4 is 5.32 Å². The van der Waals surface area contributed by atoms with Crippen molar-refractivity contribution in [3.8, 4) is 0 Å². The molecule has 0 bridgehead atoms. The van der Waals surface area contributed by atoms with Gasteiger partial charge in [-0.2, -0.15) is 0 Å². The number of hydrogen-bond donors (Lipinski definition) is 1. The van der Waals surface area contributed by atoms with Crippen molar-refractivity contribution in [2.45, 2.75) is 37.9 Å². The molecule has 1 amide bonds. The maximum Gasteiger partial charge on any atom is 0.221 e. The largest absolute Gasteiger partial charge is 0.353 e. The predicted octanol–water partition coefficient (Wildman–Crippen LogP) is 2.06. The summed E-state index contributed by atoms with van der Waals surface area (Å²) in [5.74, 6) is 0.196. The summed E-state index contributed by atoms with van der Waals surface area (Å²) in [7, 11) is 4.25. The van der Waals surface area contributed by atoms with E-state index in [4.69, 9.17) is 11.6 Å². The molecular weight excluding hydrogens is 348 g/mol. The van der Waals surface area contributed by atoms with Crippen LogP contribution in [-0.4, -0.2) is 79.5 Å². The Morgan fingerprint density at radius 1 is 1.15 bits per heavy atom. The predicted molar refractivity (Wildman–Crippen MR) is 106 cm³/mol. The molecule has 26 heavy (non-hydrogen) atoms. The maximum atomic E-state index is 12.5. The molecule has 0 unspecified atom stereocenters. The van der Waals surface area contributed by atoms with Crippen LogP contribution in [0.4, 0.5) is 0 Å². The van der Waals surface area contributed by atoms with Gasteiger partial charge in [-0.1, -0.05) is 29.8 Å². The van der Waals surface area contributed by atoms with E-state index in [-0.39, 0.29) is 5.91 Å². The van der Waals surface area contributed by atoms with Gasteiger partial charge in [-0.25, -0.2) is 0 Å². The van der Waals surface area contributed by atoms with E-state index in [1.165, 1.54) is 5.56 Å². The number of benzene rings is 1. The second kappa shape index (κ2) is 9.18. The van der Waals surface area contributed by atoms with E-state index in [0.29, 0.717) is 18.5 Å². The van der Waals surface area contributed by atoms with Crippen molar-refractivity contribution < 1.29 is 4.79 Å². The number of hydrogen-bond acceptors (Lipinski definition) is 4. The van der Waals surface area contributed by atoms with Crippen LogP contribution in [0.25, 0.3) is 0 Å². The van der Waals surface area contributed by atoms with Crippen molar-refractivity contribution in [2.24, 2.45) is 0 Å². The lowest BCUT2D eigenvalue weighted by Gasteiger charge is -2.38. The van der Waals surface area contributed by atoms with E-state index in [1.54, 1.807) is 0 Å². The van der Waals surface area contributed by atoms with E-state index < -0.39 is 0 Å². The summed E-state index contributed by atoms with van der Waals surface area (Å²) in [4.78, 5) is 19.5. The van der Waals surface area contributed by atoms with Gasteiger partial charge in [0.15, 0.2) is 0 Å². The average Bonchev–Trinajstić information content (AvgIpc) is 2.62. The molecule has 2 fully saturated rings. The molecule has 6 heteroatoms. The summed E-state index contributed by atoms with van der Waals surface area (Å²) < 4.78 is 0. The molecule has 2 heterocycles. The second-order valence-electron chi connectivity index (χ2n) is 7.81. The van der Waals surface area contributed by atoms with Gasteiger partial charge < -0.3 is 15.1 Å². The lowest BCUT2D eigenvalue weighted by molar-refractivity contribution is -0.123. The molecule has 1 aromatic rings. The monoisotopic (exact) mass is 378 g/mol. The Labute approximate surface area is 162 Å². The van der Waals surface area contributed by atoms with Crippen LogP contribution in [-0.2, 0) is 11.3 Å². The van der Waals surface area contributed by atoms with E-state index in [2.05, 4.69) is 40.2 Å². The smallest absolute Gasteiger partial charge is 0.221 e. The van der Waals surface area contributed by atoms with Gasteiger partial charge in [0, 0.05) is 62.8 Å². The minimum Gasteiger partial charge on any atom is -0.353 e. The van der Waals surface area contributed by atoms with Gasteiger partial charge in [-0.15, -0.1) is 0 Å². The molecule has 0 aliphatic carbocycles. The zero-order valence-electron chi connectivity index (χ0n) is 16.0. The average molecular weight is 379 g/mol. The number of carbonyl (C=O) groups excluding carboxylic acids is 1. The number of rotatable bonds is 5. The molecular formula is C20H31ClN4O. The molecule has 0 aromatic heterocycles. The first kappa shape index (κ1) is 19.6. The minimum absolute atomic E-state index is 0.196. The summed E-state index contributed by atoms with van der Waals surface area (Å²) >= 11 is 6.26. The Balaban J connectivity index is 1.41. The number of nitrogens with one attached hydrogen (secondary N) is 1. The minimum atomic E-state index is 0.196. The van der Waals surface area contributed by atoms with Crippen LogP contribution in [0.2, 0.25) is 5.02 Å². The van der Waals surface area contributed by atoms with E-state index in [9.17, 15) is 4.79 Å². The van der Waals surface area contributed by atoms with Crippen molar-refractivity contribution in [1.82, 2.24) is 20.0 Å². The van der Waals surface area contributed by atoms with Crippen LogP contribution >= 0.6 is 11.6 Å². The first-order valence-electron chi connectivity index (χ1n) is 9.65. The number of nitrogens with zero attached hydrogens (tertiary/aromatic N) is 3. The van der Waals surface area contributed by atoms with Crippen LogP contribution in [0, 0.1) is 0 Å². The highest BCUT2D eigenvalue weighted by atomic mass is 35.5. The topological polar surface area (TPSA) is 38.8 Å². The highest BCUT2D eigenvalue weighted by molar-refractivity contribution is 6.31. The third kappa shape index (κ3) is 5.43. The Morgan fingerprint density at radius 3 is 2.62 bits per heavy atom. The van der Waals surface area contributed by atoms with Crippen LogP contribution in [0.3, 0.4) is 0 Å². The molecule has 5 nitrogen and oxygen atoms in total. The highest BCUT2D eigenvalue weighted by Gasteiger charge is 2.26. The zero-order valence-corrected chi connectivity index (χ0v) is 16.7. The maximum absolute atomic E-state index is 12.5. The SMILES string of the molecule is CN1CCN(C)[C@@H](CC(=O)NC2CCN(Cc3ccccc3Cl)CC2)C1. The molecule has 0 saturated carbocycles. The normalized spacial score (nSPS) is 23.9. The molecule has 0 radical (unpaired) electrons. The van der Waals surface area contributed by atoms with Crippen molar-refractivity contribution in [2.75, 3.05) is 46.8 Å². The number of likely N-dealkylation sites (tertiary alicyclic amines) is 1. The zero-order chi connectivity index (χ0) is 18.5. The van der Waals surface area contributed by atoms with Gasteiger partial charge in [0.1, 0.15) is 0 Å². The molecule has 1 aromatic carbocycles. The van der Waals surface area contributed by atoms with E-state index in [0.717, 1.165) is 57.1 Å². The Morgan fingerprint density at radius 2 is 1.88 bits per heavy atom. The molecule has 3 rings (SSSR count). The van der Waals surface area contributed by atoms with Gasteiger partial charge in [-0.3, -0.25) is 9.69 Å². The summed E-state index contributed by atoms with van der Waals surface area (Å²) in [6.45, 7) is 5.98.